The highest BCUT2D eigenvalue weighted by Crippen LogP contribution is 2.32. The highest BCUT2D eigenvalue weighted by molar-refractivity contribution is 7.17. The summed E-state index contributed by atoms with van der Waals surface area (Å²) in [6.45, 7) is 2.05. The van der Waals surface area contributed by atoms with Gasteiger partial charge in [0.05, 0.1) is 18.6 Å². The molecule has 0 N–H and O–H groups in total. The molecule has 0 amide bonds. The predicted octanol–water partition coefficient (Wildman–Crippen LogP) is 2.59. The summed E-state index contributed by atoms with van der Waals surface area (Å²) < 4.78 is 15.0. The van der Waals surface area contributed by atoms with Crippen molar-refractivity contribution >= 4 is 17.3 Å². The van der Waals surface area contributed by atoms with E-state index in [0.717, 1.165) is 9.94 Å². The van der Waals surface area contributed by atoms with Gasteiger partial charge in [0.2, 0.25) is 0 Å². The largest absolute Gasteiger partial charge is 0.487 e. The molecule has 0 radical (unpaired) electrons. The zero-order chi connectivity index (χ0) is 12.3. The summed E-state index contributed by atoms with van der Waals surface area (Å²) in [6.07, 6.45) is 0. The third kappa shape index (κ3) is 2.47. The van der Waals surface area contributed by atoms with E-state index >= 15 is 0 Å². The highest BCUT2D eigenvalue weighted by Gasteiger charge is 2.15. The summed E-state index contributed by atoms with van der Waals surface area (Å²) in [5.41, 5.74) is 0.175. The summed E-state index contributed by atoms with van der Waals surface area (Å²) in [6, 6.07) is 5.23. The van der Waals surface area contributed by atoms with E-state index in [1.165, 1.54) is 11.3 Å². The topological polar surface area (TPSA) is 61.6 Å². The molecule has 0 atom stereocenters. The molecule has 0 aliphatic carbocycles. The molecule has 0 spiro atoms. The van der Waals surface area contributed by atoms with Gasteiger partial charge in [0.1, 0.15) is 0 Å². The Morgan fingerprint density at radius 1 is 1.53 bits per heavy atom. The molecular formula is C11H11NO4S. The van der Waals surface area contributed by atoms with E-state index in [1.807, 2.05) is 12.1 Å². The lowest BCUT2D eigenvalue weighted by Gasteiger charge is -1.94. The predicted molar refractivity (Wildman–Crippen MR) is 62.3 cm³/mol. The van der Waals surface area contributed by atoms with Crippen LogP contribution >= 0.6 is 11.3 Å². The number of hydrogen-bond acceptors (Lipinski definition) is 6. The van der Waals surface area contributed by atoms with Gasteiger partial charge in [-0.1, -0.05) is 16.5 Å². The van der Waals surface area contributed by atoms with Crippen LogP contribution in [0.5, 0.6) is 5.06 Å². The molecule has 0 saturated heterocycles. The fourth-order valence-corrected chi connectivity index (χ4v) is 2.02. The zero-order valence-corrected chi connectivity index (χ0v) is 10.2. The van der Waals surface area contributed by atoms with Crippen LogP contribution in [0, 0.1) is 0 Å². The fourth-order valence-electron chi connectivity index (χ4n) is 1.25. The summed E-state index contributed by atoms with van der Waals surface area (Å²) in [5.74, 6) is 0.0485. The molecule has 0 aliphatic rings. The average molecular weight is 253 g/mol. The van der Waals surface area contributed by atoms with Gasteiger partial charge in [-0.15, -0.1) is 0 Å². The molecule has 17 heavy (non-hydrogen) atoms. The third-order valence-corrected chi connectivity index (χ3v) is 3.08. The van der Waals surface area contributed by atoms with Crippen molar-refractivity contribution in [3.8, 4) is 15.7 Å². The van der Waals surface area contributed by atoms with Crippen LogP contribution in [0.15, 0.2) is 22.7 Å². The maximum atomic E-state index is 11.4. The Kier molecular flexibility index (Phi) is 3.43. The van der Waals surface area contributed by atoms with E-state index in [-0.39, 0.29) is 5.69 Å². The van der Waals surface area contributed by atoms with Gasteiger partial charge >= 0.3 is 5.97 Å². The number of hydrogen-bond donors (Lipinski definition) is 0. The molecule has 0 fully saturated rings. The van der Waals surface area contributed by atoms with Crippen molar-refractivity contribution in [3.63, 3.8) is 0 Å². The lowest BCUT2D eigenvalue weighted by atomic mass is 10.3. The highest BCUT2D eigenvalue weighted by atomic mass is 32.1. The first kappa shape index (κ1) is 11.7. The number of nitrogens with zero attached hydrogens (tertiary/aromatic N) is 1. The van der Waals surface area contributed by atoms with E-state index < -0.39 is 5.97 Å². The molecule has 0 aromatic carbocycles. The molecule has 6 heteroatoms. The lowest BCUT2D eigenvalue weighted by Crippen LogP contribution is -2.04. The summed E-state index contributed by atoms with van der Waals surface area (Å²) in [4.78, 5) is 12.2. The molecular weight excluding hydrogens is 242 g/mol. The van der Waals surface area contributed by atoms with Crippen LogP contribution < -0.4 is 4.74 Å². The SMILES string of the molecule is CCOC(=O)c1cc(-c2ccc(OC)s2)on1. The van der Waals surface area contributed by atoms with Crippen molar-refractivity contribution < 1.29 is 18.8 Å². The number of methoxy groups -OCH3 is 1. The molecule has 90 valence electrons. The minimum absolute atomic E-state index is 0.175. The third-order valence-electron chi connectivity index (χ3n) is 2.02. The Morgan fingerprint density at radius 2 is 2.35 bits per heavy atom. The van der Waals surface area contributed by atoms with Crippen LogP contribution in [-0.4, -0.2) is 24.8 Å². The van der Waals surface area contributed by atoms with E-state index in [0.29, 0.717) is 12.4 Å². The molecule has 2 rings (SSSR count). The Labute approximate surface area is 102 Å². The number of carbonyl (C=O) groups excluding carboxylic acids is 1. The van der Waals surface area contributed by atoms with E-state index in [4.69, 9.17) is 14.0 Å². The van der Waals surface area contributed by atoms with Gasteiger partial charge in [-0.3, -0.25) is 0 Å². The van der Waals surface area contributed by atoms with Crippen LogP contribution in [0.2, 0.25) is 0 Å². The molecule has 2 heterocycles. The second-order valence-electron chi connectivity index (χ2n) is 3.12. The maximum Gasteiger partial charge on any atom is 0.360 e. The standard InChI is InChI=1S/C11H11NO4S/c1-3-15-11(13)7-6-8(16-12-7)9-4-5-10(14-2)17-9/h4-6H,3H2,1-2H3. The maximum absolute atomic E-state index is 11.4. The van der Waals surface area contributed by atoms with Gasteiger partial charge in [-0.25, -0.2) is 4.79 Å². The summed E-state index contributed by atoms with van der Waals surface area (Å²) in [5, 5.41) is 4.43. The van der Waals surface area contributed by atoms with Gasteiger partial charge in [-0.2, -0.15) is 0 Å². The zero-order valence-electron chi connectivity index (χ0n) is 9.43. The van der Waals surface area contributed by atoms with E-state index in [1.54, 1.807) is 20.1 Å². The Bertz CT molecular complexity index is 517. The van der Waals surface area contributed by atoms with Gasteiger partial charge < -0.3 is 14.0 Å². The van der Waals surface area contributed by atoms with Crippen LogP contribution in [-0.2, 0) is 4.74 Å². The normalized spacial score (nSPS) is 10.2. The molecule has 0 aliphatic heterocycles. The lowest BCUT2D eigenvalue weighted by molar-refractivity contribution is 0.0514. The smallest absolute Gasteiger partial charge is 0.360 e. The molecule has 0 saturated carbocycles. The first-order valence-electron chi connectivity index (χ1n) is 5.02. The first-order valence-corrected chi connectivity index (χ1v) is 5.84. The number of ether oxygens (including phenoxy) is 2. The van der Waals surface area contributed by atoms with Crippen LogP contribution in [0.25, 0.3) is 10.6 Å². The fraction of sp³-hybridized carbons (Fsp3) is 0.273. The summed E-state index contributed by atoms with van der Waals surface area (Å²) in [7, 11) is 1.60. The van der Waals surface area contributed by atoms with Crippen LogP contribution in [0.3, 0.4) is 0 Å². The van der Waals surface area contributed by atoms with Gasteiger partial charge in [0, 0.05) is 6.07 Å². The van der Waals surface area contributed by atoms with E-state index in [9.17, 15) is 4.79 Å². The molecule has 2 aromatic rings. The Morgan fingerprint density at radius 3 is 3.00 bits per heavy atom. The minimum Gasteiger partial charge on any atom is -0.487 e. The van der Waals surface area contributed by atoms with Crippen LogP contribution in [0.1, 0.15) is 17.4 Å². The van der Waals surface area contributed by atoms with Gasteiger partial charge in [-0.05, 0) is 19.1 Å². The number of aromatic nitrogens is 1. The van der Waals surface area contributed by atoms with Crippen molar-refractivity contribution in [1.29, 1.82) is 0 Å². The van der Waals surface area contributed by atoms with E-state index in [2.05, 4.69) is 5.16 Å². The van der Waals surface area contributed by atoms with Crippen LogP contribution in [0.4, 0.5) is 0 Å². The minimum atomic E-state index is -0.481. The second-order valence-corrected chi connectivity index (χ2v) is 4.17. The average Bonchev–Trinajstić information content (AvgIpc) is 2.98. The number of carbonyl (C=O) groups is 1. The Hall–Kier alpha value is -1.82. The van der Waals surface area contributed by atoms with Crippen molar-refractivity contribution in [2.24, 2.45) is 0 Å². The monoisotopic (exact) mass is 253 g/mol. The first-order chi connectivity index (χ1) is 8.24. The quantitative estimate of drug-likeness (QED) is 0.784. The number of esters is 1. The van der Waals surface area contributed by atoms with Gasteiger partial charge in [0.25, 0.3) is 0 Å². The van der Waals surface area contributed by atoms with Crippen molar-refractivity contribution in [2.75, 3.05) is 13.7 Å². The molecule has 2 aromatic heterocycles. The van der Waals surface area contributed by atoms with Crippen molar-refractivity contribution in [3.05, 3.63) is 23.9 Å². The molecule has 0 bridgehead atoms. The van der Waals surface area contributed by atoms with Crippen molar-refractivity contribution in [1.82, 2.24) is 5.16 Å². The number of rotatable bonds is 4. The molecule has 5 nitrogen and oxygen atoms in total. The Balaban J connectivity index is 2.20. The van der Waals surface area contributed by atoms with Gasteiger partial charge in [0.15, 0.2) is 16.5 Å². The number of thiophene rings is 1. The summed E-state index contributed by atoms with van der Waals surface area (Å²) >= 11 is 1.42. The second kappa shape index (κ2) is 5.01. The van der Waals surface area contributed by atoms with Crippen molar-refractivity contribution in [2.45, 2.75) is 6.92 Å². The molecule has 0 unspecified atom stereocenters.